The maximum absolute atomic E-state index is 11.6. The molecule has 0 saturated heterocycles. The fraction of sp³-hybridized carbons (Fsp3) is 0.0526. The van der Waals surface area contributed by atoms with E-state index < -0.39 is 9.84 Å². The predicted octanol–water partition coefficient (Wildman–Crippen LogP) is 2.44. The van der Waals surface area contributed by atoms with Gasteiger partial charge in [0.1, 0.15) is 0 Å². The Labute approximate surface area is 164 Å². The molecule has 9 nitrogen and oxygen atoms in total. The van der Waals surface area contributed by atoms with Gasteiger partial charge in [0.05, 0.1) is 22.1 Å². The van der Waals surface area contributed by atoms with Gasteiger partial charge >= 0.3 is 0 Å². The van der Waals surface area contributed by atoms with Crippen molar-refractivity contribution in [2.45, 2.75) is 4.90 Å². The maximum Gasteiger partial charge on any atom is 0.246 e. The van der Waals surface area contributed by atoms with Crippen molar-refractivity contribution in [2.75, 3.05) is 6.26 Å². The van der Waals surface area contributed by atoms with Crippen molar-refractivity contribution in [3.63, 3.8) is 0 Å². The third kappa shape index (κ3) is 2.81. The summed E-state index contributed by atoms with van der Waals surface area (Å²) in [6, 6.07) is 13.9. The van der Waals surface area contributed by atoms with Crippen LogP contribution in [-0.2, 0) is 9.84 Å². The molecule has 0 amide bonds. The van der Waals surface area contributed by atoms with Crippen molar-refractivity contribution in [1.82, 2.24) is 29.8 Å². The number of benzene rings is 2. The third-order valence-corrected chi connectivity index (χ3v) is 5.74. The molecule has 10 heteroatoms. The van der Waals surface area contributed by atoms with Crippen LogP contribution in [0.4, 0.5) is 0 Å². The Morgan fingerprint density at radius 1 is 1.03 bits per heavy atom. The first kappa shape index (κ1) is 17.3. The van der Waals surface area contributed by atoms with Crippen molar-refractivity contribution in [2.24, 2.45) is 0 Å². The molecule has 29 heavy (non-hydrogen) atoms. The number of hydrogen-bond acceptors (Lipinski definition) is 7. The summed E-state index contributed by atoms with van der Waals surface area (Å²) >= 11 is 0. The summed E-state index contributed by atoms with van der Waals surface area (Å²) in [5.74, 6) is 0.181. The molecule has 5 rings (SSSR count). The molecule has 0 aliphatic carbocycles. The Morgan fingerprint density at radius 2 is 1.79 bits per heavy atom. The van der Waals surface area contributed by atoms with E-state index in [1.807, 2.05) is 24.3 Å². The van der Waals surface area contributed by atoms with E-state index in [0.29, 0.717) is 22.6 Å². The zero-order valence-corrected chi connectivity index (χ0v) is 15.9. The van der Waals surface area contributed by atoms with Gasteiger partial charge in [-0.25, -0.2) is 13.4 Å². The SMILES string of the molecule is CS(=O)(=O)c1ccc(-c2cnn3c(O)c(-c4nc5ccccc5[nH]4)nnc23)cc1. The first-order valence-electron chi connectivity index (χ1n) is 8.61. The standard InChI is InChI=1S/C19H14N6O3S/c1-29(27,28)12-8-6-11(7-9-12)13-10-20-25-18(13)24-23-16(19(25)26)17-21-14-4-2-3-5-15(14)22-17/h2-10,26H,1H3,(H,21,22). The van der Waals surface area contributed by atoms with E-state index in [2.05, 4.69) is 25.3 Å². The quantitative estimate of drug-likeness (QED) is 0.471. The van der Waals surface area contributed by atoms with Gasteiger partial charge in [-0.15, -0.1) is 10.2 Å². The van der Waals surface area contributed by atoms with Crippen LogP contribution in [0.5, 0.6) is 5.88 Å². The Morgan fingerprint density at radius 3 is 2.52 bits per heavy atom. The lowest BCUT2D eigenvalue weighted by molar-refractivity contribution is 0.433. The number of para-hydroxylation sites is 2. The van der Waals surface area contributed by atoms with E-state index in [4.69, 9.17) is 0 Å². The summed E-state index contributed by atoms with van der Waals surface area (Å²) < 4.78 is 24.6. The van der Waals surface area contributed by atoms with Gasteiger partial charge in [-0.1, -0.05) is 24.3 Å². The van der Waals surface area contributed by atoms with Gasteiger partial charge < -0.3 is 10.1 Å². The highest BCUT2D eigenvalue weighted by Gasteiger charge is 2.19. The number of aromatic nitrogens is 6. The van der Waals surface area contributed by atoms with E-state index >= 15 is 0 Å². The van der Waals surface area contributed by atoms with Gasteiger partial charge in [-0.2, -0.15) is 9.61 Å². The topological polar surface area (TPSA) is 126 Å². The van der Waals surface area contributed by atoms with E-state index in [1.165, 1.54) is 16.6 Å². The van der Waals surface area contributed by atoms with Crippen LogP contribution in [0.25, 0.3) is 39.3 Å². The Bertz CT molecular complexity index is 1450. The second kappa shape index (κ2) is 6.11. The smallest absolute Gasteiger partial charge is 0.246 e. The van der Waals surface area contributed by atoms with Crippen molar-refractivity contribution in [3.8, 4) is 28.5 Å². The minimum absolute atomic E-state index is 0.177. The lowest BCUT2D eigenvalue weighted by atomic mass is 10.1. The number of rotatable bonds is 3. The summed E-state index contributed by atoms with van der Waals surface area (Å²) in [6.45, 7) is 0. The van der Waals surface area contributed by atoms with E-state index in [1.54, 1.807) is 18.3 Å². The molecule has 144 valence electrons. The fourth-order valence-corrected chi connectivity index (χ4v) is 3.77. The summed E-state index contributed by atoms with van der Waals surface area (Å²) in [6.07, 6.45) is 2.70. The van der Waals surface area contributed by atoms with Crippen LogP contribution >= 0.6 is 0 Å². The maximum atomic E-state index is 11.6. The molecule has 3 heterocycles. The number of nitrogens with one attached hydrogen (secondary N) is 1. The minimum Gasteiger partial charge on any atom is -0.492 e. The average Bonchev–Trinajstić information content (AvgIpc) is 3.32. The number of sulfone groups is 1. The highest BCUT2D eigenvalue weighted by atomic mass is 32.2. The van der Waals surface area contributed by atoms with Crippen LogP contribution in [0.3, 0.4) is 0 Å². The van der Waals surface area contributed by atoms with Gasteiger partial charge in [0.2, 0.25) is 5.88 Å². The molecule has 2 aromatic carbocycles. The number of nitrogens with zero attached hydrogens (tertiary/aromatic N) is 5. The normalized spacial score (nSPS) is 12.0. The molecule has 0 fully saturated rings. The van der Waals surface area contributed by atoms with E-state index in [0.717, 1.165) is 17.3 Å². The average molecular weight is 406 g/mol. The molecule has 0 unspecified atom stereocenters. The Kier molecular flexibility index (Phi) is 3.65. The molecular weight excluding hydrogens is 392 g/mol. The minimum atomic E-state index is -3.28. The molecule has 0 saturated carbocycles. The monoisotopic (exact) mass is 406 g/mol. The molecule has 0 aliphatic rings. The lowest BCUT2D eigenvalue weighted by Gasteiger charge is -2.04. The number of imidazole rings is 1. The molecule has 0 bridgehead atoms. The van der Waals surface area contributed by atoms with Crippen LogP contribution < -0.4 is 0 Å². The fourth-order valence-electron chi connectivity index (χ4n) is 3.14. The van der Waals surface area contributed by atoms with Gasteiger partial charge in [-0.3, -0.25) is 0 Å². The second-order valence-corrected chi connectivity index (χ2v) is 8.58. The summed E-state index contributed by atoms with van der Waals surface area (Å²) in [7, 11) is -3.28. The number of fused-ring (bicyclic) bond motifs is 2. The zero-order valence-electron chi connectivity index (χ0n) is 15.1. The molecule has 2 N–H and O–H groups in total. The molecule has 0 aliphatic heterocycles. The zero-order chi connectivity index (χ0) is 20.2. The molecule has 0 radical (unpaired) electrons. The number of aromatic hydroxyl groups is 1. The first-order valence-corrected chi connectivity index (χ1v) is 10.5. The molecule has 3 aromatic heterocycles. The van der Waals surface area contributed by atoms with Crippen molar-refractivity contribution < 1.29 is 13.5 Å². The highest BCUT2D eigenvalue weighted by Crippen LogP contribution is 2.30. The van der Waals surface area contributed by atoms with Gasteiger partial charge in [0, 0.05) is 11.8 Å². The highest BCUT2D eigenvalue weighted by molar-refractivity contribution is 7.90. The van der Waals surface area contributed by atoms with Gasteiger partial charge in [0.25, 0.3) is 0 Å². The van der Waals surface area contributed by atoms with E-state index in [9.17, 15) is 13.5 Å². The second-order valence-electron chi connectivity index (χ2n) is 6.56. The third-order valence-electron chi connectivity index (χ3n) is 4.61. The Balaban J connectivity index is 1.61. The van der Waals surface area contributed by atoms with Crippen molar-refractivity contribution in [1.29, 1.82) is 0 Å². The van der Waals surface area contributed by atoms with Crippen LogP contribution in [0, 0.1) is 0 Å². The molecule has 5 aromatic rings. The number of H-pyrrole nitrogens is 1. The summed E-state index contributed by atoms with van der Waals surface area (Å²) in [4.78, 5) is 7.76. The molecular formula is C19H14N6O3S. The number of aromatic amines is 1. The van der Waals surface area contributed by atoms with Crippen LogP contribution in [0.2, 0.25) is 0 Å². The molecule has 0 atom stereocenters. The van der Waals surface area contributed by atoms with Crippen molar-refractivity contribution in [3.05, 3.63) is 54.7 Å². The summed E-state index contributed by atoms with van der Waals surface area (Å²) in [5.41, 5.74) is 3.40. The van der Waals surface area contributed by atoms with Gasteiger partial charge in [0.15, 0.2) is 27.0 Å². The van der Waals surface area contributed by atoms with Gasteiger partial charge in [-0.05, 0) is 29.8 Å². The first-order chi connectivity index (χ1) is 13.9. The van der Waals surface area contributed by atoms with E-state index in [-0.39, 0.29) is 16.5 Å². The van der Waals surface area contributed by atoms with Crippen LogP contribution in [0.15, 0.2) is 59.6 Å². The van der Waals surface area contributed by atoms with Crippen LogP contribution in [-0.4, -0.2) is 49.6 Å². The number of hydrogen-bond donors (Lipinski definition) is 2. The van der Waals surface area contributed by atoms with Crippen LogP contribution in [0.1, 0.15) is 0 Å². The molecule has 0 spiro atoms. The lowest BCUT2D eigenvalue weighted by Crippen LogP contribution is -1.99. The largest absolute Gasteiger partial charge is 0.492 e. The Hall–Kier alpha value is -3.79. The summed E-state index contributed by atoms with van der Waals surface area (Å²) in [5, 5.41) is 23.3. The van der Waals surface area contributed by atoms with Crippen molar-refractivity contribution >= 4 is 26.5 Å². The predicted molar refractivity (Wildman–Crippen MR) is 106 cm³/mol.